The van der Waals surface area contributed by atoms with Crippen LogP contribution in [0, 0.1) is 11.8 Å². The molecular weight excluding hydrogens is 368 g/mol. The van der Waals surface area contributed by atoms with Crippen molar-refractivity contribution in [3.63, 3.8) is 0 Å². The Kier molecular flexibility index (Phi) is 4.13. The minimum Gasteiger partial charge on any atom is -0.491 e. The highest BCUT2D eigenvalue weighted by Gasteiger charge is 2.55. The summed E-state index contributed by atoms with van der Waals surface area (Å²) in [6, 6.07) is 13.7. The Hall–Kier alpha value is -2.86. The van der Waals surface area contributed by atoms with Crippen molar-refractivity contribution in [2.45, 2.75) is 18.4 Å². The lowest BCUT2D eigenvalue weighted by atomic mass is 9.77. The van der Waals surface area contributed by atoms with Gasteiger partial charge in [-0.3, -0.25) is 9.59 Å². The predicted octanol–water partition coefficient (Wildman–Crippen LogP) is 2.12. The second-order valence-electron chi connectivity index (χ2n) is 8.33. The molecule has 2 aromatic carbocycles. The van der Waals surface area contributed by atoms with Crippen molar-refractivity contribution in [2.24, 2.45) is 11.8 Å². The topological polar surface area (TPSA) is 76.7 Å². The summed E-state index contributed by atoms with van der Waals surface area (Å²) in [6.07, 6.45) is 0. The maximum atomic E-state index is 13.0. The Balaban J connectivity index is 1.54. The average Bonchev–Trinajstić information content (AvgIpc) is 3.09. The first-order chi connectivity index (χ1) is 14.0. The Bertz CT molecular complexity index is 980. The first-order valence-corrected chi connectivity index (χ1v) is 10.0. The van der Waals surface area contributed by atoms with Gasteiger partial charge in [0.15, 0.2) is 0 Å². The lowest BCUT2D eigenvalue weighted by molar-refractivity contribution is 0.0929. The minimum atomic E-state index is -0.431. The van der Waals surface area contributed by atoms with Crippen LogP contribution >= 0.6 is 0 Å². The van der Waals surface area contributed by atoms with E-state index < -0.39 is 5.41 Å². The zero-order valence-corrected chi connectivity index (χ0v) is 16.5. The molecule has 2 fully saturated rings. The highest BCUT2D eigenvalue weighted by atomic mass is 16.5. The molecule has 0 aromatic heterocycles. The molecule has 150 valence electrons. The van der Waals surface area contributed by atoms with Crippen LogP contribution in [-0.4, -0.2) is 44.7 Å². The molecule has 6 nitrogen and oxygen atoms in total. The monoisotopic (exact) mass is 392 g/mol. The number of rotatable bonds is 4. The van der Waals surface area contributed by atoms with E-state index in [0.29, 0.717) is 48.5 Å². The molecule has 1 saturated heterocycles. The number of carbonyl (C=O) groups excluding carboxylic acids is 2. The number of amides is 2. The van der Waals surface area contributed by atoms with Gasteiger partial charge in [-0.2, -0.15) is 0 Å². The number of benzene rings is 2. The molecule has 1 unspecified atom stereocenters. The van der Waals surface area contributed by atoms with E-state index >= 15 is 0 Å². The fourth-order valence-corrected chi connectivity index (χ4v) is 4.66. The van der Waals surface area contributed by atoms with Gasteiger partial charge in [-0.1, -0.05) is 30.3 Å². The van der Waals surface area contributed by atoms with Crippen LogP contribution in [0.15, 0.2) is 42.5 Å². The normalized spacial score (nSPS) is 28.8. The molecule has 0 bridgehead atoms. The zero-order valence-electron chi connectivity index (χ0n) is 16.5. The molecule has 4 atom stereocenters. The fourth-order valence-electron chi connectivity index (χ4n) is 4.66. The molecule has 3 aliphatic rings. The molecule has 2 amide bonds. The highest BCUT2D eigenvalue weighted by Crippen LogP contribution is 2.46. The summed E-state index contributed by atoms with van der Waals surface area (Å²) in [6.45, 7) is 3.93. The van der Waals surface area contributed by atoms with E-state index in [0.717, 1.165) is 11.1 Å². The molecule has 1 aliphatic carbocycles. The third-order valence-electron chi connectivity index (χ3n) is 6.58. The van der Waals surface area contributed by atoms with Crippen LogP contribution < -0.4 is 15.4 Å². The van der Waals surface area contributed by atoms with Crippen LogP contribution in [-0.2, 0) is 10.2 Å². The van der Waals surface area contributed by atoms with Crippen molar-refractivity contribution in [1.29, 1.82) is 0 Å². The van der Waals surface area contributed by atoms with E-state index in [1.54, 1.807) is 13.1 Å². The van der Waals surface area contributed by atoms with E-state index in [1.807, 2.05) is 24.3 Å². The van der Waals surface area contributed by atoms with Crippen molar-refractivity contribution in [1.82, 2.24) is 10.6 Å². The quantitative estimate of drug-likeness (QED) is 0.836. The number of hydrogen-bond donors (Lipinski definition) is 2. The molecular formula is C23H24N2O4. The Morgan fingerprint density at radius 1 is 1.07 bits per heavy atom. The van der Waals surface area contributed by atoms with Gasteiger partial charge in [0.25, 0.3) is 11.8 Å². The number of ether oxygens (including phenoxy) is 2. The summed E-state index contributed by atoms with van der Waals surface area (Å²) >= 11 is 0. The van der Waals surface area contributed by atoms with Crippen molar-refractivity contribution in [3.8, 4) is 5.75 Å². The maximum absolute atomic E-state index is 13.0. The summed E-state index contributed by atoms with van der Waals surface area (Å²) < 4.78 is 11.4. The molecule has 0 spiro atoms. The number of hydrogen-bond acceptors (Lipinski definition) is 4. The molecule has 29 heavy (non-hydrogen) atoms. The van der Waals surface area contributed by atoms with Gasteiger partial charge in [0, 0.05) is 36.1 Å². The average molecular weight is 392 g/mol. The Morgan fingerprint density at radius 2 is 1.79 bits per heavy atom. The van der Waals surface area contributed by atoms with Gasteiger partial charge >= 0.3 is 0 Å². The molecule has 6 heteroatoms. The van der Waals surface area contributed by atoms with Gasteiger partial charge in [0.05, 0.1) is 24.2 Å². The van der Waals surface area contributed by atoms with Crippen LogP contribution in [0.1, 0.15) is 38.8 Å². The number of carbonyl (C=O) groups is 2. The van der Waals surface area contributed by atoms with Crippen molar-refractivity contribution in [2.75, 3.05) is 26.9 Å². The first-order valence-electron chi connectivity index (χ1n) is 10.0. The summed E-state index contributed by atoms with van der Waals surface area (Å²) in [5, 5.41) is 5.79. The molecule has 2 aliphatic heterocycles. The maximum Gasteiger partial charge on any atom is 0.254 e. The van der Waals surface area contributed by atoms with Gasteiger partial charge in [-0.05, 0) is 24.6 Å². The third-order valence-corrected chi connectivity index (χ3v) is 6.58. The van der Waals surface area contributed by atoms with Crippen molar-refractivity contribution < 1.29 is 19.1 Å². The zero-order chi connectivity index (χ0) is 20.2. The predicted molar refractivity (Wildman–Crippen MR) is 107 cm³/mol. The molecule has 0 radical (unpaired) electrons. The Labute approximate surface area is 169 Å². The first kappa shape index (κ1) is 18.2. The second kappa shape index (κ2) is 6.59. The van der Waals surface area contributed by atoms with Crippen LogP contribution in [0.4, 0.5) is 0 Å². The summed E-state index contributed by atoms with van der Waals surface area (Å²) in [5.74, 6) is 0.989. The smallest absolute Gasteiger partial charge is 0.254 e. The van der Waals surface area contributed by atoms with E-state index in [4.69, 9.17) is 9.47 Å². The van der Waals surface area contributed by atoms with Crippen LogP contribution in [0.5, 0.6) is 5.75 Å². The molecule has 1 saturated carbocycles. The molecule has 2 N–H and O–H groups in total. The van der Waals surface area contributed by atoms with Crippen LogP contribution in [0.25, 0.3) is 0 Å². The van der Waals surface area contributed by atoms with Gasteiger partial charge in [0.2, 0.25) is 0 Å². The second-order valence-corrected chi connectivity index (χ2v) is 8.33. The van der Waals surface area contributed by atoms with E-state index in [2.05, 4.69) is 29.7 Å². The SMILES string of the molecule is CNC(=O)c1cc(C(=O)N[C@H]2[C@@H]3COC[C@@H]32)cc2c1OCC2(C)c1ccccc1. The Morgan fingerprint density at radius 3 is 2.48 bits per heavy atom. The largest absolute Gasteiger partial charge is 0.491 e. The highest BCUT2D eigenvalue weighted by molar-refractivity contribution is 6.02. The van der Waals surface area contributed by atoms with Gasteiger partial charge in [-0.25, -0.2) is 0 Å². The third kappa shape index (κ3) is 2.82. The van der Waals surface area contributed by atoms with Crippen molar-refractivity contribution in [3.05, 3.63) is 64.7 Å². The van der Waals surface area contributed by atoms with E-state index in [9.17, 15) is 9.59 Å². The fraction of sp³-hybridized carbons (Fsp3) is 0.391. The van der Waals surface area contributed by atoms with Gasteiger partial charge in [-0.15, -0.1) is 0 Å². The lowest BCUT2D eigenvalue weighted by Gasteiger charge is -2.24. The van der Waals surface area contributed by atoms with Crippen LogP contribution in [0.2, 0.25) is 0 Å². The summed E-state index contributed by atoms with van der Waals surface area (Å²) in [5.41, 5.74) is 2.41. The lowest BCUT2D eigenvalue weighted by Crippen LogP contribution is -2.31. The molecule has 2 heterocycles. The number of nitrogens with one attached hydrogen (secondary N) is 2. The minimum absolute atomic E-state index is 0.153. The molecule has 5 rings (SSSR count). The van der Waals surface area contributed by atoms with E-state index in [-0.39, 0.29) is 17.9 Å². The summed E-state index contributed by atoms with van der Waals surface area (Å²) in [4.78, 5) is 25.6. The number of fused-ring (bicyclic) bond motifs is 2. The summed E-state index contributed by atoms with van der Waals surface area (Å²) in [7, 11) is 1.58. The van der Waals surface area contributed by atoms with E-state index in [1.165, 1.54) is 0 Å². The standard InChI is InChI=1S/C23H24N2O4/c1-23(14-6-4-3-5-7-14)12-29-20-15(22(27)24-2)8-13(9-18(20)23)21(26)25-19-16-10-28-11-17(16)19/h3-9,16-17,19H,10-12H2,1-2H3,(H,24,27)(H,25,26)/t16-,17+,19+,23?. The molecule has 2 aromatic rings. The van der Waals surface area contributed by atoms with Gasteiger partial charge < -0.3 is 20.1 Å². The van der Waals surface area contributed by atoms with Crippen molar-refractivity contribution >= 4 is 11.8 Å². The van der Waals surface area contributed by atoms with Crippen LogP contribution in [0.3, 0.4) is 0 Å². The van der Waals surface area contributed by atoms with Gasteiger partial charge in [0.1, 0.15) is 12.4 Å².